The van der Waals surface area contributed by atoms with Crippen molar-refractivity contribution in [2.45, 2.75) is 0 Å². The van der Waals surface area contributed by atoms with E-state index in [0.717, 1.165) is 0 Å². The van der Waals surface area contributed by atoms with Crippen LogP contribution in [0.4, 0.5) is 0 Å². The number of hydrogen-bond donors (Lipinski definition) is 2. The minimum atomic E-state index is 0.208. The molecule has 0 aromatic heterocycles. The Morgan fingerprint density at radius 2 is 1.30 bits per heavy atom. The van der Waals surface area contributed by atoms with Gasteiger partial charge in [-0.15, -0.1) is 13.2 Å². The Morgan fingerprint density at radius 1 is 1.00 bits per heavy atom. The van der Waals surface area contributed by atoms with Crippen molar-refractivity contribution in [3.63, 3.8) is 0 Å². The average Bonchev–Trinajstić information content (AvgIpc) is 1.93. The SMILES string of the molecule is C=CCOO.C=CCOO. The number of rotatable bonds is 4. The molecule has 0 saturated heterocycles. The van der Waals surface area contributed by atoms with Crippen molar-refractivity contribution in [1.82, 2.24) is 0 Å². The van der Waals surface area contributed by atoms with Crippen molar-refractivity contribution in [1.29, 1.82) is 0 Å². The second-order valence-corrected chi connectivity index (χ2v) is 1.17. The van der Waals surface area contributed by atoms with Gasteiger partial charge in [0.2, 0.25) is 0 Å². The fraction of sp³-hybridized carbons (Fsp3) is 0.333. The topological polar surface area (TPSA) is 58.9 Å². The molecule has 0 saturated carbocycles. The Bertz CT molecular complexity index is 62.1. The highest BCUT2D eigenvalue weighted by molar-refractivity contribution is 4.62. The zero-order chi connectivity index (χ0) is 8.24. The largest absolute Gasteiger partial charge is 0.252 e. The lowest BCUT2D eigenvalue weighted by Crippen LogP contribution is -1.77. The lowest BCUT2D eigenvalue weighted by molar-refractivity contribution is -0.231. The molecule has 0 aliphatic carbocycles. The molecule has 0 radical (unpaired) electrons. The fourth-order valence-corrected chi connectivity index (χ4v) is 0.105. The van der Waals surface area contributed by atoms with E-state index in [2.05, 4.69) is 22.9 Å². The van der Waals surface area contributed by atoms with E-state index in [1.165, 1.54) is 12.2 Å². The molecule has 0 heterocycles. The summed E-state index contributed by atoms with van der Waals surface area (Å²) in [5.74, 6) is 0. The van der Waals surface area contributed by atoms with E-state index in [1.807, 2.05) is 0 Å². The van der Waals surface area contributed by atoms with Crippen molar-refractivity contribution in [2.24, 2.45) is 0 Å². The van der Waals surface area contributed by atoms with Crippen molar-refractivity contribution in [2.75, 3.05) is 13.2 Å². The third-order valence-corrected chi connectivity index (χ3v) is 0.385. The van der Waals surface area contributed by atoms with E-state index in [4.69, 9.17) is 10.5 Å². The Hall–Kier alpha value is -0.680. The van der Waals surface area contributed by atoms with Gasteiger partial charge in [0, 0.05) is 0 Å². The minimum Gasteiger partial charge on any atom is -0.252 e. The molecule has 4 heteroatoms. The predicted octanol–water partition coefficient (Wildman–Crippen LogP) is 1.32. The molecule has 0 aromatic rings. The molecule has 0 unspecified atom stereocenters. The normalized spacial score (nSPS) is 7.40. The monoisotopic (exact) mass is 148 g/mol. The highest BCUT2D eigenvalue weighted by Gasteiger charge is 1.61. The maximum Gasteiger partial charge on any atom is 0.0998 e. The fourth-order valence-electron chi connectivity index (χ4n) is 0.105. The minimum absolute atomic E-state index is 0.208. The molecule has 4 nitrogen and oxygen atoms in total. The molecule has 0 amide bonds. The Balaban J connectivity index is 0. The van der Waals surface area contributed by atoms with Crippen molar-refractivity contribution in [3.05, 3.63) is 25.3 Å². The van der Waals surface area contributed by atoms with Gasteiger partial charge in [0.25, 0.3) is 0 Å². The molecule has 2 N–H and O–H groups in total. The quantitative estimate of drug-likeness (QED) is 0.358. The zero-order valence-electron chi connectivity index (χ0n) is 5.69. The van der Waals surface area contributed by atoms with Crippen LogP contribution in [-0.4, -0.2) is 23.7 Å². The third kappa shape index (κ3) is 26.5. The molecule has 0 aromatic carbocycles. The molecule has 0 rings (SSSR count). The number of hydrogen-bond acceptors (Lipinski definition) is 4. The molecule has 0 aliphatic heterocycles. The van der Waals surface area contributed by atoms with Gasteiger partial charge in [0.15, 0.2) is 0 Å². The molecule has 0 fully saturated rings. The van der Waals surface area contributed by atoms with E-state index in [-0.39, 0.29) is 13.2 Å². The van der Waals surface area contributed by atoms with Gasteiger partial charge >= 0.3 is 0 Å². The zero-order valence-corrected chi connectivity index (χ0v) is 5.69. The molecular weight excluding hydrogens is 136 g/mol. The summed E-state index contributed by atoms with van der Waals surface area (Å²) in [6.45, 7) is 6.95. The van der Waals surface area contributed by atoms with Crippen LogP contribution in [0, 0.1) is 0 Å². The molecular formula is C6H12O4. The van der Waals surface area contributed by atoms with Crippen LogP contribution in [0.25, 0.3) is 0 Å². The van der Waals surface area contributed by atoms with Crippen LogP contribution in [0.3, 0.4) is 0 Å². The van der Waals surface area contributed by atoms with Crippen LogP contribution in [0.15, 0.2) is 25.3 Å². The average molecular weight is 148 g/mol. The summed E-state index contributed by atoms with van der Waals surface area (Å²) in [5, 5.41) is 15.0. The van der Waals surface area contributed by atoms with E-state index >= 15 is 0 Å². The third-order valence-electron chi connectivity index (χ3n) is 0.385. The maximum absolute atomic E-state index is 7.50. The summed E-state index contributed by atoms with van der Waals surface area (Å²) in [5.41, 5.74) is 0. The first-order valence-corrected chi connectivity index (χ1v) is 2.58. The Kier molecular flexibility index (Phi) is 19.0. The lowest BCUT2D eigenvalue weighted by Gasteiger charge is -1.76. The molecule has 0 aliphatic rings. The highest BCUT2D eigenvalue weighted by Crippen LogP contribution is 1.60. The van der Waals surface area contributed by atoms with Gasteiger partial charge < -0.3 is 0 Å². The molecule has 0 atom stereocenters. The van der Waals surface area contributed by atoms with Gasteiger partial charge in [-0.05, 0) is 0 Å². The molecule has 60 valence electrons. The van der Waals surface area contributed by atoms with Crippen molar-refractivity contribution in [3.8, 4) is 0 Å². The molecule has 0 spiro atoms. The van der Waals surface area contributed by atoms with Gasteiger partial charge in [0.1, 0.15) is 0 Å². The van der Waals surface area contributed by atoms with Gasteiger partial charge in [-0.3, -0.25) is 10.5 Å². The predicted molar refractivity (Wildman–Crippen MR) is 37.6 cm³/mol. The van der Waals surface area contributed by atoms with Gasteiger partial charge in [0.05, 0.1) is 13.2 Å². The summed E-state index contributed by atoms with van der Waals surface area (Å²) in [6.07, 6.45) is 2.92. The van der Waals surface area contributed by atoms with Crippen LogP contribution < -0.4 is 0 Å². The summed E-state index contributed by atoms with van der Waals surface area (Å²) in [6, 6.07) is 0. The standard InChI is InChI=1S/2C3H6O2/c2*1-2-3-5-4/h2*2,4H,1,3H2. The smallest absolute Gasteiger partial charge is 0.0998 e. The van der Waals surface area contributed by atoms with Crippen molar-refractivity contribution < 1.29 is 20.3 Å². The lowest BCUT2D eigenvalue weighted by atomic mass is 10.7. The summed E-state index contributed by atoms with van der Waals surface area (Å²) >= 11 is 0. The summed E-state index contributed by atoms with van der Waals surface area (Å²) in [4.78, 5) is 7.15. The van der Waals surface area contributed by atoms with Gasteiger partial charge in [-0.25, -0.2) is 9.78 Å². The van der Waals surface area contributed by atoms with Crippen LogP contribution in [0.2, 0.25) is 0 Å². The highest BCUT2D eigenvalue weighted by atomic mass is 17.1. The van der Waals surface area contributed by atoms with Crippen LogP contribution in [0.5, 0.6) is 0 Å². The van der Waals surface area contributed by atoms with E-state index in [0.29, 0.717) is 0 Å². The van der Waals surface area contributed by atoms with E-state index < -0.39 is 0 Å². The second kappa shape index (κ2) is 15.8. The summed E-state index contributed by atoms with van der Waals surface area (Å²) in [7, 11) is 0. The molecule has 10 heavy (non-hydrogen) atoms. The van der Waals surface area contributed by atoms with E-state index in [9.17, 15) is 0 Å². The van der Waals surface area contributed by atoms with Crippen LogP contribution in [0.1, 0.15) is 0 Å². The van der Waals surface area contributed by atoms with Crippen LogP contribution >= 0.6 is 0 Å². The van der Waals surface area contributed by atoms with Crippen molar-refractivity contribution >= 4 is 0 Å². The maximum atomic E-state index is 7.50. The first kappa shape index (κ1) is 12.0. The van der Waals surface area contributed by atoms with E-state index in [1.54, 1.807) is 0 Å². The van der Waals surface area contributed by atoms with Crippen LogP contribution in [-0.2, 0) is 9.78 Å². The van der Waals surface area contributed by atoms with Gasteiger partial charge in [-0.2, -0.15) is 0 Å². The van der Waals surface area contributed by atoms with Gasteiger partial charge in [-0.1, -0.05) is 12.2 Å². The first-order valence-electron chi connectivity index (χ1n) is 2.58. The summed E-state index contributed by atoms with van der Waals surface area (Å²) < 4.78 is 0. The molecule has 0 bridgehead atoms. The Morgan fingerprint density at radius 3 is 1.30 bits per heavy atom. The Labute approximate surface area is 59.9 Å². The first-order chi connectivity index (χ1) is 4.83. The second-order valence-electron chi connectivity index (χ2n) is 1.17.